The van der Waals surface area contributed by atoms with Gasteiger partial charge >= 0.3 is 0 Å². The topological polar surface area (TPSA) is 59.4 Å². The zero-order chi connectivity index (χ0) is 15.8. The number of hydrogen-bond acceptors (Lipinski definition) is 4. The largest absolute Gasteiger partial charge is 0.324 e. The van der Waals surface area contributed by atoms with Gasteiger partial charge in [-0.3, -0.25) is 9.69 Å². The molecule has 1 aromatic rings. The minimum absolute atomic E-state index is 0.0325. The summed E-state index contributed by atoms with van der Waals surface area (Å²) in [6.07, 6.45) is 2.12. The molecule has 21 heavy (non-hydrogen) atoms. The molecule has 0 aliphatic heterocycles. The Bertz CT molecular complexity index is 501. The number of nitriles is 1. The first-order valence-electron chi connectivity index (χ1n) is 7.17. The van der Waals surface area contributed by atoms with Crippen LogP contribution >= 0.6 is 0 Å². The van der Waals surface area contributed by atoms with Crippen LogP contribution in [0.15, 0.2) is 18.2 Å². The molecule has 1 amide bonds. The lowest BCUT2D eigenvalue weighted by Crippen LogP contribution is -2.35. The number of benzene rings is 1. The Kier molecular flexibility index (Phi) is 6.70. The molecule has 5 nitrogen and oxygen atoms in total. The average molecular weight is 288 g/mol. The van der Waals surface area contributed by atoms with Gasteiger partial charge in [0.15, 0.2) is 6.19 Å². The van der Waals surface area contributed by atoms with E-state index in [1.165, 1.54) is 0 Å². The van der Waals surface area contributed by atoms with Crippen molar-refractivity contribution in [3.05, 3.63) is 29.3 Å². The maximum absolute atomic E-state index is 12.1. The maximum Gasteiger partial charge on any atom is 0.238 e. The van der Waals surface area contributed by atoms with Gasteiger partial charge in [-0.2, -0.15) is 5.26 Å². The van der Waals surface area contributed by atoms with E-state index in [0.717, 1.165) is 16.8 Å². The van der Waals surface area contributed by atoms with Crippen LogP contribution in [-0.2, 0) is 4.79 Å². The Hall–Kier alpha value is -2.06. The van der Waals surface area contributed by atoms with Crippen molar-refractivity contribution in [3.8, 4) is 6.19 Å². The number of nitrogens with one attached hydrogen (secondary N) is 1. The number of amides is 1. The molecule has 0 radical (unpaired) electrons. The fourth-order valence-electron chi connectivity index (χ4n) is 2.09. The molecular weight excluding hydrogens is 264 g/mol. The first-order valence-corrected chi connectivity index (χ1v) is 7.17. The third-order valence-electron chi connectivity index (χ3n) is 3.43. The third kappa shape index (κ3) is 5.44. The van der Waals surface area contributed by atoms with Crippen LogP contribution in [0.1, 0.15) is 18.1 Å². The molecule has 0 aromatic heterocycles. The lowest BCUT2D eigenvalue weighted by molar-refractivity contribution is -0.117. The van der Waals surface area contributed by atoms with Crippen LogP contribution in [-0.4, -0.2) is 48.9 Å². The van der Waals surface area contributed by atoms with Crippen molar-refractivity contribution >= 4 is 11.6 Å². The Labute approximate surface area is 127 Å². The standard InChI is InChI=1S/C16H24N4O/c1-5-20(12-17)10-9-19(4)11-15(21)18-16-13(2)7-6-8-14(16)3/h6-8H,5,9-11H2,1-4H3,(H,18,21). The molecule has 1 rings (SSSR count). The monoisotopic (exact) mass is 288 g/mol. The molecule has 1 N–H and O–H groups in total. The number of carbonyl (C=O) groups excluding carboxylic acids is 1. The number of rotatable bonds is 7. The van der Waals surface area contributed by atoms with Gasteiger partial charge in [0.25, 0.3) is 0 Å². The van der Waals surface area contributed by atoms with Crippen molar-refractivity contribution in [1.29, 1.82) is 5.26 Å². The normalized spacial score (nSPS) is 10.3. The zero-order valence-corrected chi connectivity index (χ0v) is 13.3. The van der Waals surface area contributed by atoms with E-state index in [1.54, 1.807) is 4.90 Å². The molecule has 1 aromatic carbocycles. The smallest absolute Gasteiger partial charge is 0.238 e. The number of nitrogens with zero attached hydrogens (tertiary/aromatic N) is 3. The first-order chi connectivity index (χ1) is 9.97. The van der Waals surface area contributed by atoms with Crippen LogP contribution in [0.5, 0.6) is 0 Å². The van der Waals surface area contributed by atoms with E-state index in [2.05, 4.69) is 11.5 Å². The third-order valence-corrected chi connectivity index (χ3v) is 3.43. The van der Waals surface area contributed by atoms with Crippen molar-refractivity contribution in [2.45, 2.75) is 20.8 Å². The lowest BCUT2D eigenvalue weighted by atomic mass is 10.1. The molecule has 0 aliphatic rings. The molecule has 114 valence electrons. The van der Waals surface area contributed by atoms with E-state index in [0.29, 0.717) is 26.2 Å². The van der Waals surface area contributed by atoms with Gasteiger partial charge in [0, 0.05) is 25.3 Å². The number of likely N-dealkylation sites (N-methyl/N-ethyl adjacent to an activating group) is 2. The fraction of sp³-hybridized carbons (Fsp3) is 0.500. The van der Waals surface area contributed by atoms with Gasteiger partial charge in [0.1, 0.15) is 0 Å². The summed E-state index contributed by atoms with van der Waals surface area (Å²) in [5.41, 5.74) is 3.02. The summed E-state index contributed by atoms with van der Waals surface area (Å²) in [5.74, 6) is -0.0325. The lowest BCUT2D eigenvalue weighted by Gasteiger charge is -2.20. The highest BCUT2D eigenvalue weighted by atomic mass is 16.2. The average Bonchev–Trinajstić information content (AvgIpc) is 2.44. The van der Waals surface area contributed by atoms with E-state index >= 15 is 0 Å². The summed E-state index contributed by atoms with van der Waals surface area (Å²) in [5, 5.41) is 11.8. The van der Waals surface area contributed by atoms with E-state index in [1.807, 2.05) is 50.9 Å². The zero-order valence-electron chi connectivity index (χ0n) is 13.3. The Balaban J connectivity index is 2.49. The van der Waals surface area contributed by atoms with Crippen molar-refractivity contribution in [2.75, 3.05) is 38.5 Å². The van der Waals surface area contributed by atoms with E-state index < -0.39 is 0 Å². The second kappa shape index (κ2) is 8.28. The van der Waals surface area contributed by atoms with Gasteiger partial charge in [-0.25, -0.2) is 0 Å². The summed E-state index contributed by atoms with van der Waals surface area (Å²) in [6, 6.07) is 5.95. The van der Waals surface area contributed by atoms with Crippen molar-refractivity contribution in [3.63, 3.8) is 0 Å². The minimum atomic E-state index is -0.0325. The molecule has 0 aliphatic carbocycles. The highest BCUT2D eigenvalue weighted by molar-refractivity contribution is 5.93. The van der Waals surface area contributed by atoms with Gasteiger partial charge in [0.05, 0.1) is 6.54 Å². The molecule has 0 fully saturated rings. The summed E-state index contributed by atoms with van der Waals surface area (Å²) in [6.45, 7) is 8.24. The molecule has 0 saturated carbocycles. The van der Waals surface area contributed by atoms with Crippen LogP contribution in [0.4, 0.5) is 5.69 Å². The predicted octanol–water partition coefficient (Wildman–Crippen LogP) is 1.98. The van der Waals surface area contributed by atoms with Gasteiger partial charge < -0.3 is 10.2 Å². The predicted molar refractivity (Wildman–Crippen MR) is 84.9 cm³/mol. The molecule has 5 heteroatoms. The van der Waals surface area contributed by atoms with Gasteiger partial charge in [0.2, 0.25) is 5.91 Å². The van der Waals surface area contributed by atoms with Crippen LogP contribution in [0.2, 0.25) is 0 Å². The molecular formula is C16H24N4O. The summed E-state index contributed by atoms with van der Waals surface area (Å²) in [4.78, 5) is 15.7. The fourth-order valence-corrected chi connectivity index (χ4v) is 2.09. The van der Waals surface area contributed by atoms with Crippen molar-refractivity contribution in [1.82, 2.24) is 9.80 Å². The van der Waals surface area contributed by atoms with Gasteiger partial charge in [-0.15, -0.1) is 0 Å². The van der Waals surface area contributed by atoms with Crippen LogP contribution < -0.4 is 5.32 Å². The van der Waals surface area contributed by atoms with Crippen LogP contribution in [0, 0.1) is 25.3 Å². The highest BCUT2D eigenvalue weighted by Gasteiger charge is 2.10. The molecule has 0 unspecified atom stereocenters. The molecule has 0 saturated heterocycles. The number of carbonyl (C=O) groups is 1. The van der Waals surface area contributed by atoms with E-state index in [4.69, 9.17) is 5.26 Å². The van der Waals surface area contributed by atoms with Crippen LogP contribution in [0.25, 0.3) is 0 Å². The van der Waals surface area contributed by atoms with Crippen molar-refractivity contribution in [2.24, 2.45) is 0 Å². The molecule has 0 heterocycles. The van der Waals surface area contributed by atoms with Gasteiger partial charge in [-0.1, -0.05) is 18.2 Å². The molecule has 0 atom stereocenters. The Morgan fingerprint density at radius 1 is 1.29 bits per heavy atom. The van der Waals surface area contributed by atoms with E-state index in [-0.39, 0.29) is 5.91 Å². The van der Waals surface area contributed by atoms with E-state index in [9.17, 15) is 4.79 Å². The second-order valence-electron chi connectivity index (χ2n) is 5.23. The Morgan fingerprint density at radius 2 is 1.90 bits per heavy atom. The van der Waals surface area contributed by atoms with Crippen LogP contribution in [0.3, 0.4) is 0 Å². The summed E-state index contributed by atoms with van der Waals surface area (Å²) in [7, 11) is 1.88. The highest BCUT2D eigenvalue weighted by Crippen LogP contribution is 2.19. The SMILES string of the molecule is CCN(C#N)CCN(C)CC(=O)Nc1c(C)cccc1C. The minimum Gasteiger partial charge on any atom is -0.324 e. The van der Waals surface area contributed by atoms with Gasteiger partial charge in [-0.05, 0) is 38.9 Å². The maximum atomic E-state index is 12.1. The number of para-hydroxylation sites is 1. The first kappa shape index (κ1) is 17.0. The number of hydrogen-bond donors (Lipinski definition) is 1. The number of aryl methyl sites for hydroxylation is 2. The summed E-state index contributed by atoms with van der Waals surface area (Å²) < 4.78 is 0. The summed E-state index contributed by atoms with van der Waals surface area (Å²) >= 11 is 0. The second-order valence-corrected chi connectivity index (χ2v) is 5.23. The Morgan fingerprint density at radius 3 is 2.43 bits per heavy atom. The molecule has 0 spiro atoms. The van der Waals surface area contributed by atoms with Crippen molar-refractivity contribution < 1.29 is 4.79 Å². The quantitative estimate of drug-likeness (QED) is 0.615. The number of anilines is 1. The molecule has 0 bridgehead atoms.